The maximum Gasteiger partial charge on any atom is 0.280 e. The molecule has 4 aromatic rings. The highest BCUT2D eigenvalue weighted by Gasteiger charge is 2.21. The molecule has 3 heterocycles. The summed E-state index contributed by atoms with van der Waals surface area (Å²) >= 11 is 6.08. The lowest BCUT2D eigenvalue weighted by atomic mass is 10.2. The number of hydrogen-bond acceptors (Lipinski definition) is 7. The van der Waals surface area contributed by atoms with Crippen LogP contribution in [-0.2, 0) is 22.9 Å². The zero-order chi connectivity index (χ0) is 28.2. The molecule has 12 heteroatoms. The van der Waals surface area contributed by atoms with E-state index in [2.05, 4.69) is 54.3 Å². The maximum absolute atomic E-state index is 13.8. The first-order chi connectivity index (χ1) is 18.4. The van der Waals surface area contributed by atoms with E-state index in [9.17, 15) is 4.79 Å². The number of halogens is 1. The molecule has 9 nitrogen and oxygen atoms in total. The number of ether oxygens (including phenoxy) is 2. The number of rotatable bonds is 12. The molecule has 0 saturated carbocycles. The van der Waals surface area contributed by atoms with E-state index in [1.54, 1.807) is 18.3 Å². The molecule has 0 atom stereocenters. The molecular weight excluding hydrogens is 548 g/mol. The number of hydrogen-bond donors (Lipinski definition) is 0. The fourth-order valence-electron chi connectivity index (χ4n) is 3.87. The molecule has 0 unspecified atom stereocenters. The molecular formula is C27H37ClN6O3Si2. The summed E-state index contributed by atoms with van der Waals surface area (Å²) in [5, 5.41) is 4.67. The van der Waals surface area contributed by atoms with Crippen molar-refractivity contribution >= 4 is 38.8 Å². The fraction of sp³-hybridized carbons (Fsp3) is 0.444. The quantitative estimate of drug-likeness (QED) is 0.114. The highest BCUT2D eigenvalue weighted by atomic mass is 35.5. The van der Waals surface area contributed by atoms with Crippen LogP contribution in [0.5, 0.6) is 0 Å². The molecule has 4 rings (SSSR count). The number of aromatic nitrogens is 6. The van der Waals surface area contributed by atoms with Crippen LogP contribution >= 0.6 is 11.6 Å². The lowest BCUT2D eigenvalue weighted by Gasteiger charge is -2.17. The molecule has 0 aliphatic carbocycles. The van der Waals surface area contributed by atoms with E-state index >= 15 is 0 Å². The molecule has 0 aliphatic rings. The summed E-state index contributed by atoms with van der Waals surface area (Å²) < 4.78 is 15.3. The van der Waals surface area contributed by atoms with Gasteiger partial charge in [-0.2, -0.15) is 5.10 Å². The molecule has 1 aromatic carbocycles. The van der Waals surface area contributed by atoms with E-state index in [1.807, 2.05) is 28.8 Å². The fourth-order valence-corrected chi connectivity index (χ4v) is 5.53. The van der Waals surface area contributed by atoms with Crippen molar-refractivity contribution in [2.24, 2.45) is 0 Å². The van der Waals surface area contributed by atoms with E-state index < -0.39 is 16.1 Å². The average molecular weight is 585 g/mol. The lowest BCUT2D eigenvalue weighted by Crippen LogP contribution is -2.28. The van der Waals surface area contributed by atoms with Gasteiger partial charge in [-0.1, -0.05) is 51.4 Å². The van der Waals surface area contributed by atoms with Crippen LogP contribution in [0.1, 0.15) is 0 Å². The largest absolute Gasteiger partial charge is 0.361 e. The first-order valence-electron chi connectivity index (χ1n) is 13.1. The number of fused-ring (bicyclic) bond motifs is 1. The van der Waals surface area contributed by atoms with E-state index in [-0.39, 0.29) is 24.3 Å². The van der Waals surface area contributed by atoms with Gasteiger partial charge in [0.05, 0.1) is 22.3 Å². The Labute approximate surface area is 236 Å². The highest BCUT2D eigenvalue weighted by molar-refractivity contribution is 6.76. The molecule has 0 fully saturated rings. The van der Waals surface area contributed by atoms with Crippen molar-refractivity contribution < 1.29 is 9.47 Å². The predicted octanol–water partition coefficient (Wildman–Crippen LogP) is 6.00. The summed E-state index contributed by atoms with van der Waals surface area (Å²) in [7, 11) is -2.54. The summed E-state index contributed by atoms with van der Waals surface area (Å²) in [4.78, 5) is 26.9. The standard InChI is InChI=1S/C27H37ClN6O3Si2/c1-38(2,3)15-13-36-18-33-24-10-8-7-9-22(24)30-25(33)20-17-23(21-11-12-29-27(28)31-21)32-34(26(20)35)19-37-14-16-39(4,5)6/h7-12,17H,13-16,18-19H2,1-6H3. The van der Waals surface area contributed by atoms with Gasteiger partial charge in [0.15, 0.2) is 0 Å². The lowest BCUT2D eigenvalue weighted by molar-refractivity contribution is 0.0752. The number of benzene rings is 1. The molecule has 208 valence electrons. The zero-order valence-electron chi connectivity index (χ0n) is 23.6. The van der Waals surface area contributed by atoms with Crippen molar-refractivity contribution in [3.05, 3.63) is 58.2 Å². The van der Waals surface area contributed by atoms with Gasteiger partial charge >= 0.3 is 0 Å². The second-order valence-corrected chi connectivity index (χ2v) is 23.6. The van der Waals surface area contributed by atoms with Crippen molar-refractivity contribution in [2.75, 3.05) is 13.2 Å². The Bertz CT molecular complexity index is 1490. The van der Waals surface area contributed by atoms with Crippen molar-refractivity contribution in [1.29, 1.82) is 0 Å². The second kappa shape index (κ2) is 12.2. The Morgan fingerprint density at radius 2 is 1.54 bits per heavy atom. The zero-order valence-corrected chi connectivity index (χ0v) is 26.3. The van der Waals surface area contributed by atoms with Crippen LogP contribution in [0.15, 0.2) is 47.4 Å². The third kappa shape index (κ3) is 7.92. The summed E-state index contributed by atoms with van der Waals surface area (Å²) in [6.07, 6.45) is 1.56. The van der Waals surface area contributed by atoms with E-state index in [4.69, 9.17) is 26.1 Å². The summed E-state index contributed by atoms with van der Waals surface area (Å²) in [6.45, 7) is 15.3. The SMILES string of the molecule is C[Si](C)(C)CCOCn1nc(-c2ccnc(Cl)n2)cc(-c2nc3ccccc3n2COCC[Si](C)(C)C)c1=O. The van der Waals surface area contributed by atoms with Gasteiger partial charge in [-0.25, -0.2) is 19.6 Å². The van der Waals surface area contributed by atoms with E-state index in [0.29, 0.717) is 36.0 Å². The Balaban J connectivity index is 1.77. The van der Waals surface area contributed by atoms with Crippen molar-refractivity contribution in [2.45, 2.75) is 64.8 Å². The third-order valence-corrected chi connectivity index (χ3v) is 9.78. The minimum Gasteiger partial charge on any atom is -0.361 e. The third-order valence-electron chi connectivity index (χ3n) is 6.19. The maximum atomic E-state index is 13.8. The molecule has 0 spiro atoms. The first-order valence-corrected chi connectivity index (χ1v) is 20.9. The second-order valence-electron chi connectivity index (χ2n) is 12.0. The normalized spacial score (nSPS) is 12.4. The topological polar surface area (TPSA) is 97.0 Å². The van der Waals surface area contributed by atoms with Crippen LogP contribution in [0.25, 0.3) is 33.8 Å². The van der Waals surface area contributed by atoms with Crippen LogP contribution in [0.2, 0.25) is 56.7 Å². The Morgan fingerprint density at radius 3 is 2.21 bits per heavy atom. The number of para-hydroxylation sites is 2. The Hall–Kier alpha value is -2.71. The smallest absolute Gasteiger partial charge is 0.280 e. The minimum absolute atomic E-state index is 0.0237. The molecule has 0 amide bonds. The van der Waals surface area contributed by atoms with Crippen LogP contribution in [0.4, 0.5) is 0 Å². The minimum atomic E-state index is -1.29. The van der Waals surface area contributed by atoms with Gasteiger partial charge in [-0.15, -0.1) is 0 Å². The summed E-state index contributed by atoms with van der Waals surface area (Å²) in [6, 6.07) is 13.3. The van der Waals surface area contributed by atoms with Crippen molar-refractivity contribution in [1.82, 2.24) is 29.3 Å². The van der Waals surface area contributed by atoms with Gasteiger partial charge in [-0.3, -0.25) is 9.36 Å². The molecule has 0 bridgehead atoms. The Morgan fingerprint density at radius 1 is 0.872 bits per heavy atom. The van der Waals surface area contributed by atoms with Crippen LogP contribution < -0.4 is 5.56 Å². The van der Waals surface area contributed by atoms with Gasteiger partial charge in [0, 0.05) is 35.6 Å². The average Bonchev–Trinajstić information content (AvgIpc) is 3.22. The van der Waals surface area contributed by atoms with Crippen LogP contribution in [0.3, 0.4) is 0 Å². The van der Waals surface area contributed by atoms with Gasteiger partial charge < -0.3 is 9.47 Å². The van der Waals surface area contributed by atoms with Gasteiger partial charge in [0.1, 0.15) is 25.0 Å². The summed E-state index contributed by atoms with van der Waals surface area (Å²) in [5.41, 5.74) is 2.73. The van der Waals surface area contributed by atoms with Crippen molar-refractivity contribution in [3.63, 3.8) is 0 Å². The number of imidazole rings is 1. The predicted molar refractivity (Wildman–Crippen MR) is 161 cm³/mol. The summed E-state index contributed by atoms with van der Waals surface area (Å²) in [5.74, 6) is 0.508. The van der Waals surface area contributed by atoms with Crippen LogP contribution in [0, 0.1) is 0 Å². The monoisotopic (exact) mass is 584 g/mol. The van der Waals surface area contributed by atoms with Gasteiger partial charge in [-0.05, 0) is 48.0 Å². The molecule has 39 heavy (non-hydrogen) atoms. The Kier molecular flexibility index (Phi) is 9.17. The van der Waals surface area contributed by atoms with E-state index in [1.165, 1.54) is 4.68 Å². The molecule has 3 aromatic heterocycles. The van der Waals surface area contributed by atoms with Gasteiger partial charge in [0.25, 0.3) is 5.56 Å². The van der Waals surface area contributed by atoms with E-state index in [0.717, 1.165) is 23.1 Å². The van der Waals surface area contributed by atoms with Crippen molar-refractivity contribution in [3.8, 4) is 22.8 Å². The molecule has 0 saturated heterocycles. The molecule has 0 radical (unpaired) electrons. The van der Waals surface area contributed by atoms with Gasteiger partial charge in [0.2, 0.25) is 5.28 Å². The molecule has 0 aliphatic heterocycles. The van der Waals surface area contributed by atoms with Crippen LogP contribution in [-0.4, -0.2) is 58.7 Å². The highest BCUT2D eigenvalue weighted by Crippen LogP contribution is 2.26. The number of nitrogens with zero attached hydrogens (tertiary/aromatic N) is 6. The molecule has 0 N–H and O–H groups in total. The first kappa shape index (κ1) is 29.3.